The average Bonchev–Trinajstić information content (AvgIpc) is 2.00. The van der Waals surface area contributed by atoms with Crippen LogP contribution in [0.25, 0.3) is 0 Å². The minimum absolute atomic E-state index is 0.208. The van der Waals surface area contributed by atoms with Crippen LogP contribution < -0.4 is 0 Å². The molecule has 0 radical (unpaired) electrons. The van der Waals surface area contributed by atoms with Crippen molar-refractivity contribution in [1.29, 1.82) is 0 Å². The molecule has 0 aliphatic heterocycles. The van der Waals surface area contributed by atoms with E-state index >= 15 is 0 Å². The first-order chi connectivity index (χ1) is 6.68. The highest BCUT2D eigenvalue weighted by Crippen LogP contribution is 2.44. The van der Waals surface area contributed by atoms with Gasteiger partial charge in [0.1, 0.15) is 0 Å². The van der Waals surface area contributed by atoms with Crippen LogP contribution in [-0.2, 0) is 5.60 Å². The number of aliphatic hydroxyl groups is 1. The molecule has 15 heavy (non-hydrogen) atoms. The molecule has 0 amide bonds. The number of halogens is 5. The van der Waals surface area contributed by atoms with E-state index in [0.29, 0.717) is 0 Å². The second kappa shape index (κ2) is 4.07. The highest BCUT2D eigenvalue weighted by atomic mass is 79.9. The second-order valence-corrected chi connectivity index (χ2v) is 4.88. The lowest BCUT2D eigenvalue weighted by molar-refractivity contribution is -0.259. The summed E-state index contributed by atoms with van der Waals surface area (Å²) in [5.74, 6) is 0. The van der Waals surface area contributed by atoms with Crippen LogP contribution in [0.1, 0.15) is 12.5 Å². The lowest BCUT2D eigenvalue weighted by Gasteiger charge is -2.28. The van der Waals surface area contributed by atoms with Crippen molar-refractivity contribution in [2.75, 3.05) is 0 Å². The van der Waals surface area contributed by atoms with Gasteiger partial charge in [-0.25, -0.2) is 0 Å². The molecule has 0 saturated heterocycles. The molecule has 0 heterocycles. The molecule has 0 spiro atoms. The maximum Gasteiger partial charge on any atom is 0.421 e. The van der Waals surface area contributed by atoms with Gasteiger partial charge in [-0.3, -0.25) is 0 Å². The Bertz CT molecular complexity index is 354. The van der Waals surface area contributed by atoms with Gasteiger partial charge in [0.05, 0.1) is 0 Å². The fourth-order valence-corrected chi connectivity index (χ4v) is 2.88. The molecule has 0 saturated carbocycles. The average molecular weight is 348 g/mol. The van der Waals surface area contributed by atoms with Gasteiger partial charge in [0.25, 0.3) is 0 Å². The maximum absolute atomic E-state index is 12.6. The lowest BCUT2D eigenvalue weighted by atomic mass is 9.95. The summed E-state index contributed by atoms with van der Waals surface area (Å²) in [6.45, 7) is 0.720. The van der Waals surface area contributed by atoms with Crippen LogP contribution >= 0.6 is 31.9 Å². The Kier molecular flexibility index (Phi) is 3.52. The van der Waals surface area contributed by atoms with E-state index in [1.807, 2.05) is 0 Å². The topological polar surface area (TPSA) is 20.2 Å². The number of benzene rings is 1. The summed E-state index contributed by atoms with van der Waals surface area (Å²) < 4.78 is 38.2. The van der Waals surface area contributed by atoms with Crippen LogP contribution in [0.3, 0.4) is 0 Å². The van der Waals surface area contributed by atoms with Crippen molar-refractivity contribution in [3.8, 4) is 0 Å². The molecule has 1 unspecified atom stereocenters. The van der Waals surface area contributed by atoms with E-state index < -0.39 is 11.8 Å². The monoisotopic (exact) mass is 346 g/mol. The Morgan fingerprint density at radius 2 is 1.53 bits per heavy atom. The van der Waals surface area contributed by atoms with Crippen LogP contribution in [-0.4, -0.2) is 11.3 Å². The third kappa shape index (κ3) is 2.37. The molecule has 6 heteroatoms. The summed E-state index contributed by atoms with van der Waals surface area (Å²) in [6.07, 6.45) is -4.72. The summed E-state index contributed by atoms with van der Waals surface area (Å²) in [5, 5.41) is 9.50. The molecule has 1 atom stereocenters. The Hall–Kier alpha value is -0.0700. The van der Waals surface area contributed by atoms with Crippen molar-refractivity contribution in [3.05, 3.63) is 32.7 Å². The van der Waals surface area contributed by atoms with Crippen LogP contribution in [0.4, 0.5) is 13.2 Å². The van der Waals surface area contributed by atoms with E-state index in [0.717, 1.165) is 6.92 Å². The SMILES string of the molecule is CC(O)(c1c(Br)cccc1Br)C(F)(F)F. The normalized spacial score (nSPS) is 16.2. The molecule has 0 aliphatic rings. The Balaban J connectivity index is 3.39. The summed E-state index contributed by atoms with van der Waals surface area (Å²) in [7, 11) is 0. The van der Waals surface area contributed by atoms with Crippen LogP contribution in [0, 0.1) is 0 Å². The molecular weight excluding hydrogens is 341 g/mol. The molecule has 1 rings (SSSR count). The van der Waals surface area contributed by atoms with Gasteiger partial charge in [-0.2, -0.15) is 13.2 Å². The fraction of sp³-hybridized carbons (Fsp3) is 0.333. The standard InChI is InChI=1S/C9H7Br2F3O/c1-8(15,9(12,13)14)7-5(10)3-2-4-6(7)11/h2-4,15H,1H3. The van der Waals surface area contributed by atoms with Crippen molar-refractivity contribution in [2.45, 2.75) is 18.7 Å². The van der Waals surface area contributed by atoms with Crippen molar-refractivity contribution in [1.82, 2.24) is 0 Å². The van der Waals surface area contributed by atoms with E-state index in [9.17, 15) is 18.3 Å². The number of hydrogen-bond donors (Lipinski definition) is 1. The molecular formula is C9H7Br2F3O. The minimum Gasteiger partial charge on any atom is -0.376 e. The number of alkyl halides is 3. The predicted octanol–water partition coefficient (Wildman–Crippen LogP) is 3.98. The summed E-state index contributed by atoms with van der Waals surface area (Å²) in [4.78, 5) is 0. The molecule has 1 aromatic carbocycles. The number of hydrogen-bond acceptors (Lipinski definition) is 1. The minimum atomic E-state index is -4.72. The third-order valence-electron chi connectivity index (χ3n) is 2.00. The van der Waals surface area contributed by atoms with Crippen LogP contribution in [0.2, 0.25) is 0 Å². The highest BCUT2D eigenvalue weighted by molar-refractivity contribution is 9.11. The predicted molar refractivity (Wildman–Crippen MR) is 57.5 cm³/mol. The zero-order valence-electron chi connectivity index (χ0n) is 7.57. The van der Waals surface area contributed by atoms with E-state index in [1.165, 1.54) is 12.1 Å². The molecule has 0 bridgehead atoms. The summed E-state index contributed by atoms with van der Waals surface area (Å²) in [6, 6.07) is 4.46. The van der Waals surface area contributed by atoms with E-state index in [-0.39, 0.29) is 14.5 Å². The van der Waals surface area contributed by atoms with Gasteiger partial charge in [-0.1, -0.05) is 37.9 Å². The number of rotatable bonds is 1. The second-order valence-electron chi connectivity index (χ2n) is 3.17. The first-order valence-corrected chi connectivity index (χ1v) is 5.50. The summed E-state index contributed by atoms with van der Waals surface area (Å²) in [5.41, 5.74) is -3.11. The largest absolute Gasteiger partial charge is 0.421 e. The smallest absolute Gasteiger partial charge is 0.376 e. The van der Waals surface area contributed by atoms with E-state index in [2.05, 4.69) is 31.9 Å². The molecule has 84 valence electrons. The quantitative estimate of drug-likeness (QED) is 0.814. The third-order valence-corrected chi connectivity index (χ3v) is 3.32. The highest BCUT2D eigenvalue weighted by Gasteiger charge is 2.52. The zero-order valence-corrected chi connectivity index (χ0v) is 10.7. The van der Waals surface area contributed by atoms with E-state index in [1.54, 1.807) is 6.07 Å². The lowest BCUT2D eigenvalue weighted by Crippen LogP contribution is -2.39. The van der Waals surface area contributed by atoms with Crippen LogP contribution in [0.5, 0.6) is 0 Å². The summed E-state index contributed by atoms with van der Waals surface area (Å²) >= 11 is 5.97. The molecule has 0 aromatic heterocycles. The van der Waals surface area contributed by atoms with Gasteiger partial charge in [0.15, 0.2) is 5.60 Å². The van der Waals surface area contributed by atoms with Gasteiger partial charge in [-0.15, -0.1) is 0 Å². The Morgan fingerprint density at radius 1 is 1.13 bits per heavy atom. The molecule has 1 nitrogen and oxygen atoms in total. The van der Waals surface area contributed by atoms with Crippen molar-refractivity contribution < 1.29 is 18.3 Å². The molecule has 0 fully saturated rings. The van der Waals surface area contributed by atoms with Gasteiger partial charge in [0.2, 0.25) is 0 Å². The van der Waals surface area contributed by atoms with E-state index in [4.69, 9.17) is 0 Å². The van der Waals surface area contributed by atoms with Gasteiger partial charge in [-0.05, 0) is 19.1 Å². The molecule has 1 aromatic rings. The first kappa shape index (κ1) is 13.0. The first-order valence-electron chi connectivity index (χ1n) is 3.91. The van der Waals surface area contributed by atoms with Crippen LogP contribution in [0.15, 0.2) is 27.1 Å². The van der Waals surface area contributed by atoms with Crippen molar-refractivity contribution in [3.63, 3.8) is 0 Å². The Morgan fingerprint density at radius 3 is 1.87 bits per heavy atom. The fourth-order valence-electron chi connectivity index (χ4n) is 1.10. The molecule has 0 aliphatic carbocycles. The van der Waals surface area contributed by atoms with Gasteiger partial charge >= 0.3 is 6.18 Å². The zero-order chi connectivity index (χ0) is 11.9. The van der Waals surface area contributed by atoms with Crippen molar-refractivity contribution >= 4 is 31.9 Å². The van der Waals surface area contributed by atoms with Crippen molar-refractivity contribution in [2.24, 2.45) is 0 Å². The Labute approximate surface area is 102 Å². The van der Waals surface area contributed by atoms with Gasteiger partial charge < -0.3 is 5.11 Å². The molecule has 1 N–H and O–H groups in total. The maximum atomic E-state index is 12.6. The van der Waals surface area contributed by atoms with Gasteiger partial charge in [0, 0.05) is 14.5 Å².